The van der Waals surface area contributed by atoms with Gasteiger partial charge < -0.3 is 0 Å². The number of nitrogens with zero attached hydrogens (tertiary/aromatic N) is 1. The predicted octanol–water partition coefficient (Wildman–Crippen LogP) is 6.04. The van der Waals surface area contributed by atoms with Gasteiger partial charge in [0, 0.05) is 33.7 Å². The molecule has 1 aliphatic carbocycles. The summed E-state index contributed by atoms with van der Waals surface area (Å²) >= 11 is 0. The fourth-order valence-electron chi connectivity index (χ4n) is 4.37. The highest BCUT2D eigenvalue weighted by Crippen LogP contribution is 2.42. The summed E-state index contributed by atoms with van der Waals surface area (Å²) in [5.41, 5.74) is 9.12. The van der Waals surface area contributed by atoms with Crippen LogP contribution in [-0.4, -0.2) is 10.8 Å². The van der Waals surface area contributed by atoms with Crippen LogP contribution in [0.3, 0.4) is 0 Å². The van der Waals surface area contributed by atoms with E-state index in [1.807, 2.05) is 19.1 Å². The lowest BCUT2D eigenvalue weighted by atomic mass is 9.81. The van der Waals surface area contributed by atoms with Crippen LogP contribution in [0.5, 0.6) is 0 Å². The molecular formula is C25H19NO. The van der Waals surface area contributed by atoms with E-state index in [0.717, 1.165) is 44.3 Å². The van der Waals surface area contributed by atoms with Crippen LogP contribution in [0.4, 0.5) is 0 Å². The number of aromatic nitrogens is 1. The van der Waals surface area contributed by atoms with Crippen molar-refractivity contribution in [2.24, 2.45) is 0 Å². The molecule has 1 aliphatic rings. The highest BCUT2D eigenvalue weighted by molar-refractivity contribution is 6.27. The van der Waals surface area contributed by atoms with Crippen LogP contribution >= 0.6 is 0 Å². The molecule has 0 atom stereocenters. The lowest BCUT2D eigenvalue weighted by Crippen LogP contribution is -2.12. The molecule has 0 N–H and O–H groups in total. The molecule has 0 aliphatic heterocycles. The van der Waals surface area contributed by atoms with Crippen LogP contribution in [0.1, 0.15) is 32.6 Å². The smallest absolute Gasteiger partial charge is 0.196 e. The van der Waals surface area contributed by atoms with E-state index in [2.05, 4.69) is 56.3 Å². The number of aryl methyl sites for hydroxylation is 3. The first-order chi connectivity index (χ1) is 13.0. The van der Waals surface area contributed by atoms with Gasteiger partial charge in [-0.05, 0) is 49.6 Å². The van der Waals surface area contributed by atoms with Crippen molar-refractivity contribution in [1.29, 1.82) is 0 Å². The predicted molar refractivity (Wildman–Crippen MR) is 110 cm³/mol. The van der Waals surface area contributed by atoms with Gasteiger partial charge in [0.25, 0.3) is 0 Å². The molecule has 0 amide bonds. The van der Waals surface area contributed by atoms with Crippen molar-refractivity contribution in [3.8, 4) is 22.4 Å². The Bertz CT molecular complexity index is 1250. The minimum atomic E-state index is 0.0753. The minimum Gasteiger partial charge on any atom is -0.288 e. The number of benzene rings is 3. The van der Waals surface area contributed by atoms with Gasteiger partial charge in [-0.15, -0.1) is 0 Å². The SMILES string of the molecule is Cc1cc(C)cc(-c2ncc3c4c(cccc24)-c2cccc(C)c2C3=O)c1. The molecule has 0 saturated carbocycles. The summed E-state index contributed by atoms with van der Waals surface area (Å²) in [4.78, 5) is 18.0. The molecule has 3 aromatic carbocycles. The quantitative estimate of drug-likeness (QED) is 0.369. The largest absolute Gasteiger partial charge is 0.288 e. The fourth-order valence-corrected chi connectivity index (χ4v) is 4.37. The molecule has 2 heteroatoms. The first kappa shape index (κ1) is 16.0. The highest BCUT2D eigenvalue weighted by atomic mass is 16.1. The Hall–Kier alpha value is -3.26. The summed E-state index contributed by atoms with van der Waals surface area (Å²) in [6.07, 6.45) is 1.76. The molecule has 130 valence electrons. The molecule has 0 bridgehead atoms. The molecule has 0 spiro atoms. The monoisotopic (exact) mass is 349 g/mol. The number of pyridine rings is 1. The van der Waals surface area contributed by atoms with E-state index in [1.54, 1.807) is 6.20 Å². The Kier molecular flexibility index (Phi) is 3.32. The molecule has 0 unspecified atom stereocenters. The summed E-state index contributed by atoms with van der Waals surface area (Å²) in [5.74, 6) is 0.0753. The van der Waals surface area contributed by atoms with E-state index in [1.165, 1.54) is 11.1 Å². The van der Waals surface area contributed by atoms with Gasteiger partial charge in [0.05, 0.1) is 5.69 Å². The first-order valence-electron chi connectivity index (χ1n) is 9.19. The Labute approximate surface area is 158 Å². The maximum Gasteiger partial charge on any atom is 0.196 e. The van der Waals surface area contributed by atoms with E-state index in [-0.39, 0.29) is 5.78 Å². The van der Waals surface area contributed by atoms with Crippen molar-refractivity contribution < 1.29 is 4.79 Å². The van der Waals surface area contributed by atoms with Crippen LogP contribution in [0, 0.1) is 20.8 Å². The average Bonchev–Trinajstić information content (AvgIpc) is 2.64. The molecule has 1 aromatic heterocycles. The molecule has 27 heavy (non-hydrogen) atoms. The number of carbonyl (C=O) groups excluding carboxylic acids is 1. The topological polar surface area (TPSA) is 30.0 Å². The van der Waals surface area contributed by atoms with Crippen LogP contribution in [0.25, 0.3) is 33.2 Å². The van der Waals surface area contributed by atoms with Gasteiger partial charge in [0.2, 0.25) is 0 Å². The van der Waals surface area contributed by atoms with Gasteiger partial charge in [-0.2, -0.15) is 0 Å². The molecule has 2 nitrogen and oxygen atoms in total. The Balaban J connectivity index is 1.90. The Morgan fingerprint density at radius 2 is 1.48 bits per heavy atom. The van der Waals surface area contributed by atoms with E-state index in [4.69, 9.17) is 4.98 Å². The van der Waals surface area contributed by atoms with Crippen LogP contribution in [0.15, 0.2) is 60.8 Å². The second kappa shape index (κ2) is 5.62. The summed E-state index contributed by atoms with van der Waals surface area (Å²) in [5, 5.41) is 2.06. The van der Waals surface area contributed by atoms with E-state index >= 15 is 0 Å². The normalized spacial score (nSPS) is 12.3. The third kappa shape index (κ3) is 2.26. The van der Waals surface area contributed by atoms with Crippen molar-refractivity contribution in [3.05, 3.63) is 88.6 Å². The van der Waals surface area contributed by atoms with Crippen LogP contribution in [-0.2, 0) is 0 Å². The summed E-state index contributed by atoms with van der Waals surface area (Å²) in [6.45, 7) is 6.20. The first-order valence-corrected chi connectivity index (χ1v) is 9.19. The van der Waals surface area contributed by atoms with Crippen molar-refractivity contribution in [1.82, 2.24) is 4.98 Å². The zero-order valence-electron chi connectivity index (χ0n) is 15.6. The number of rotatable bonds is 1. The standard InChI is InChI=1S/C25H19NO/c1-14-10-15(2)12-17(11-14)24-20-9-5-8-19-18-7-4-6-16(3)22(18)25(27)21(13-26-24)23(19)20/h4-13H,1-3H3. The summed E-state index contributed by atoms with van der Waals surface area (Å²) in [6, 6.07) is 18.8. The van der Waals surface area contributed by atoms with Crippen molar-refractivity contribution >= 4 is 16.6 Å². The van der Waals surface area contributed by atoms with Gasteiger partial charge in [-0.3, -0.25) is 9.78 Å². The second-order valence-electron chi connectivity index (χ2n) is 7.45. The molecule has 0 radical (unpaired) electrons. The molecule has 1 heterocycles. The van der Waals surface area contributed by atoms with Crippen LogP contribution in [0.2, 0.25) is 0 Å². The van der Waals surface area contributed by atoms with Gasteiger partial charge in [0.1, 0.15) is 0 Å². The zero-order chi connectivity index (χ0) is 18.7. The average molecular weight is 349 g/mol. The van der Waals surface area contributed by atoms with Gasteiger partial charge in [-0.25, -0.2) is 0 Å². The second-order valence-corrected chi connectivity index (χ2v) is 7.45. The molecule has 0 fully saturated rings. The maximum absolute atomic E-state index is 13.2. The Morgan fingerprint density at radius 1 is 0.778 bits per heavy atom. The number of fused-ring (bicyclic) bond motifs is 2. The number of hydrogen-bond acceptors (Lipinski definition) is 2. The molecule has 5 rings (SSSR count). The number of hydrogen-bond donors (Lipinski definition) is 0. The Morgan fingerprint density at radius 3 is 2.26 bits per heavy atom. The van der Waals surface area contributed by atoms with Gasteiger partial charge in [-0.1, -0.05) is 53.6 Å². The third-order valence-electron chi connectivity index (χ3n) is 5.44. The van der Waals surface area contributed by atoms with E-state index < -0.39 is 0 Å². The van der Waals surface area contributed by atoms with E-state index in [0.29, 0.717) is 5.56 Å². The van der Waals surface area contributed by atoms with Crippen molar-refractivity contribution in [3.63, 3.8) is 0 Å². The summed E-state index contributed by atoms with van der Waals surface area (Å²) < 4.78 is 0. The van der Waals surface area contributed by atoms with E-state index in [9.17, 15) is 4.79 Å². The molecular weight excluding hydrogens is 330 g/mol. The number of carbonyl (C=O) groups is 1. The third-order valence-corrected chi connectivity index (χ3v) is 5.44. The zero-order valence-corrected chi connectivity index (χ0v) is 15.6. The lowest BCUT2D eigenvalue weighted by Gasteiger charge is -2.22. The van der Waals surface area contributed by atoms with Crippen molar-refractivity contribution in [2.75, 3.05) is 0 Å². The summed E-state index contributed by atoms with van der Waals surface area (Å²) in [7, 11) is 0. The highest BCUT2D eigenvalue weighted by Gasteiger charge is 2.27. The lowest BCUT2D eigenvalue weighted by molar-refractivity contribution is 0.103. The van der Waals surface area contributed by atoms with Gasteiger partial charge >= 0.3 is 0 Å². The fraction of sp³-hybridized carbons (Fsp3) is 0.120. The molecule has 0 saturated heterocycles. The number of ketones is 1. The maximum atomic E-state index is 13.2. The minimum absolute atomic E-state index is 0.0753. The van der Waals surface area contributed by atoms with Crippen LogP contribution < -0.4 is 0 Å². The molecule has 4 aromatic rings. The van der Waals surface area contributed by atoms with Crippen molar-refractivity contribution in [2.45, 2.75) is 20.8 Å². The van der Waals surface area contributed by atoms with Gasteiger partial charge in [0.15, 0.2) is 5.78 Å².